The van der Waals surface area contributed by atoms with Gasteiger partial charge in [0, 0.05) is 0 Å². The van der Waals surface area contributed by atoms with Crippen LogP contribution in [0.15, 0.2) is 0 Å². The lowest BCUT2D eigenvalue weighted by molar-refractivity contribution is 0.742. The Hall–Kier alpha value is -0.920. The number of hydrogen-bond acceptors (Lipinski definition) is 4. The Bertz CT molecular complexity index is 273. The fourth-order valence-electron chi connectivity index (χ4n) is 0.793. The van der Waals surface area contributed by atoms with Gasteiger partial charge in [-0.25, -0.2) is 0 Å². The zero-order valence-electron chi connectivity index (χ0n) is 6.46. The average Bonchev–Trinajstić information content (AvgIpc) is 2.40. The lowest BCUT2D eigenvalue weighted by atomic mass is 10.2. The normalized spacial score (nSPS) is 12.5. The van der Waals surface area contributed by atoms with E-state index in [0.717, 1.165) is 10.6 Å². The molecule has 0 aliphatic carbocycles. The lowest BCUT2D eigenvalue weighted by Gasteiger charge is -2.04. The Labute approximate surface area is 70.0 Å². The van der Waals surface area contributed by atoms with Crippen LogP contribution in [-0.2, 0) is 0 Å². The first-order valence-corrected chi connectivity index (χ1v) is 3.99. The van der Waals surface area contributed by atoms with Gasteiger partial charge in [0.1, 0.15) is 6.04 Å². The van der Waals surface area contributed by atoms with E-state index in [1.54, 1.807) is 0 Å². The molecule has 0 bridgehead atoms. The van der Waals surface area contributed by atoms with Crippen molar-refractivity contribution in [1.82, 2.24) is 14.9 Å². The Morgan fingerprint density at radius 3 is 2.82 bits per heavy atom. The first kappa shape index (κ1) is 8.18. The molecule has 0 radical (unpaired) electrons. The van der Waals surface area contributed by atoms with Gasteiger partial charge in [0.2, 0.25) is 0 Å². The van der Waals surface area contributed by atoms with E-state index in [9.17, 15) is 0 Å². The largest absolute Gasteiger partial charge is 0.302 e. The van der Waals surface area contributed by atoms with Crippen LogP contribution < -0.4 is 5.32 Å². The fourth-order valence-corrected chi connectivity index (χ4v) is 1.51. The van der Waals surface area contributed by atoms with Crippen LogP contribution in [0, 0.1) is 19.3 Å². The van der Waals surface area contributed by atoms with E-state index in [4.69, 9.17) is 6.42 Å². The molecule has 0 aliphatic heterocycles. The van der Waals surface area contributed by atoms with Crippen LogP contribution in [0.25, 0.3) is 0 Å². The minimum absolute atomic E-state index is 0.0463. The number of hydrogen-bond donors (Lipinski definition) is 1. The van der Waals surface area contributed by atoms with Gasteiger partial charge < -0.3 is 5.32 Å². The van der Waals surface area contributed by atoms with Crippen molar-refractivity contribution in [3.8, 4) is 12.3 Å². The van der Waals surface area contributed by atoms with Crippen LogP contribution >= 0.6 is 11.5 Å². The van der Waals surface area contributed by atoms with Gasteiger partial charge in [0.05, 0.1) is 10.6 Å². The minimum Gasteiger partial charge on any atom is -0.302 e. The van der Waals surface area contributed by atoms with Crippen molar-refractivity contribution < 1.29 is 0 Å². The van der Waals surface area contributed by atoms with Crippen LogP contribution in [0.3, 0.4) is 0 Å². The second kappa shape index (κ2) is 3.46. The zero-order chi connectivity index (χ0) is 8.27. The van der Waals surface area contributed by atoms with E-state index in [1.165, 1.54) is 11.5 Å². The molecule has 1 heterocycles. The molecule has 3 nitrogen and oxygen atoms in total. The molecule has 58 valence electrons. The molecule has 0 saturated carbocycles. The van der Waals surface area contributed by atoms with Crippen molar-refractivity contribution in [1.29, 1.82) is 0 Å². The van der Waals surface area contributed by atoms with E-state index in [-0.39, 0.29) is 6.04 Å². The maximum atomic E-state index is 5.28. The topological polar surface area (TPSA) is 37.8 Å². The molecule has 0 saturated heterocycles. The number of nitrogens with zero attached hydrogens (tertiary/aromatic N) is 2. The summed E-state index contributed by atoms with van der Waals surface area (Å²) in [5.41, 5.74) is 0.910. The van der Waals surface area contributed by atoms with E-state index < -0.39 is 0 Å². The second-order valence-corrected chi connectivity index (χ2v) is 2.90. The maximum absolute atomic E-state index is 5.28. The molecule has 1 rings (SSSR count). The van der Waals surface area contributed by atoms with Crippen molar-refractivity contribution in [2.24, 2.45) is 0 Å². The molecule has 0 fully saturated rings. The van der Waals surface area contributed by atoms with Crippen molar-refractivity contribution in [3.05, 3.63) is 10.6 Å². The van der Waals surface area contributed by atoms with Gasteiger partial charge in [-0.2, -0.15) is 0 Å². The molecule has 1 aromatic rings. The van der Waals surface area contributed by atoms with Gasteiger partial charge in [-0.1, -0.05) is 10.4 Å². The van der Waals surface area contributed by atoms with Crippen molar-refractivity contribution in [3.63, 3.8) is 0 Å². The molecule has 11 heavy (non-hydrogen) atoms. The molecule has 4 heteroatoms. The van der Waals surface area contributed by atoms with Crippen LogP contribution in [0.5, 0.6) is 0 Å². The van der Waals surface area contributed by atoms with Crippen LogP contribution in [0.4, 0.5) is 0 Å². The molecule has 0 aliphatic rings. The molecule has 0 spiro atoms. The number of aryl methyl sites for hydroxylation is 1. The highest BCUT2D eigenvalue weighted by molar-refractivity contribution is 7.05. The summed E-state index contributed by atoms with van der Waals surface area (Å²) >= 11 is 1.34. The molecule has 1 N–H and O–H groups in total. The smallest absolute Gasteiger partial charge is 0.107 e. The summed E-state index contributed by atoms with van der Waals surface area (Å²) in [6.07, 6.45) is 5.28. The molecular formula is C7H9N3S. The highest BCUT2D eigenvalue weighted by Gasteiger charge is 2.11. The molecular weight excluding hydrogens is 158 g/mol. The van der Waals surface area contributed by atoms with Gasteiger partial charge >= 0.3 is 0 Å². The average molecular weight is 167 g/mol. The van der Waals surface area contributed by atoms with E-state index >= 15 is 0 Å². The Kier molecular flexibility index (Phi) is 2.58. The number of rotatable bonds is 2. The van der Waals surface area contributed by atoms with Gasteiger partial charge in [-0.15, -0.1) is 11.5 Å². The molecule has 1 aromatic heterocycles. The summed E-state index contributed by atoms with van der Waals surface area (Å²) in [5.74, 6) is 2.61. The van der Waals surface area contributed by atoms with Gasteiger partial charge in [0.15, 0.2) is 0 Å². The van der Waals surface area contributed by atoms with Crippen molar-refractivity contribution in [2.75, 3.05) is 7.05 Å². The van der Waals surface area contributed by atoms with E-state index in [1.807, 2.05) is 14.0 Å². The number of nitrogens with one attached hydrogen (secondary N) is 1. The number of terminal acetylenes is 1. The third-order valence-electron chi connectivity index (χ3n) is 1.40. The standard InChI is InChI=1S/C7H9N3S/c1-4-6(8-3)7-5(2)9-10-11-7/h1,6,8H,2-3H3. The van der Waals surface area contributed by atoms with Crippen LogP contribution in [0.1, 0.15) is 16.6 Å². The third-order valence-corrected chi connectivity index (χ3v) is 2.30. The molecule has 0 amide bonds. The van der Waals surface area contributed by atoms with E-state index in [0.29, 0.717) is 0 Å². The van der Waals surface area contributed by atoms with Crippen LogP contribution in [0.2, 0.25) is 0 Å². The minimum atomic E-state index is -0.0463. The summed E-state index contributed by atoms with van der Waals surface area (Å²) in [6, 6.07) is -0.0463. The summed E-state index contributed by atoms with van der Waals surface area (Å²) in [5, 5.41) is 6.86. The summed E-state index contributed by atoms with van der Waals surface area (Å²) in [6.45, 7) is 1.90. The predicted molar refractivity (Wildman–Crippen MR) is 45.3 cm³/mol. The fraction of sp³-hybridized carbons (Fsp3) is 0.429. The van der Waals surface area contributed by atoms with E-state index in [2.05, 4.69) is 20.8 Å². The molecule has 1 unspecified atom stereocenters. The third kappa shape index (κ3) is 1.56. The summed E-state index contributed by atoms with van der Waals surface area (Å²) < 4.78 is 3.79. The summed E-state index contributed by atoms with van der Waals surface area (Å²) in [7, 11) is 1.82. The Morgan fingerprint density at radius 2 is 2.45 bits per heavy atom. The van der Waals surface area contributed by atoms with Crippen molar-refractivity contribution in [2.45, 2.75) is 13.0 Å². The monoisotopic (exact) mass is 167 g/mol. The van der Waals surface area contributed by atoms with Crippen molar-refractivity contribution >= 4 is 11.5 Å². The molecule has 1 atom stereocenters. The summed E-state index contributed by atoms with van der Waals surface area (Å²) in [4.78, 5) is 1.02. The number of aromatic nitrogens is 2. The Balaban J connectivity index is 2.92. The predicted octanol–water partition coefficient (Wildman–Crippen LogP) is 0.740. The van der Waals surface area contributed by atoms with Crippen LogP contribution in [-0.4, -0.2) is 16.6 Å². The lowest BCUT2D eigenvalue weighted by Crippen LogP contribution is -2.13. The SMILES string of the molecule is C#CC(NC)c1snnc1C. The van der Waals surface area contributed by atoms with Gasteiger partial charge in [-0.05, 0) is 25.5 Å². The first-order chi connectivity index (χ1) is 5.29. The first-order valence-electron chi connectivity index (χ1n) is 3.22. The molecule has 0 aromatic carbocycles. The Morgan fingerprint density at radius 1 is 1.73 bits per heavy atom. The van der Waals surface area contributed by atoms with Gasteiger partial charge in [0.25, 0.3) is 0 Å². The maximum Gasteiger partial charge on any atom is 0.107 e. The zero-order valence-corrected chi connectivity index (χ0v) is 7.27. The van der Waals surface area contributed by atoms with Gasteiger partial charge in [-0.3, -0.25) is 0 Å². The quantitative estimate of drug-likeness (QED) is 0.660. The highest BCUT2D eigenvalue weighted by Crippen LogP contribution is 2.17. The second-order valence-electron chi connectivity index (χ2n) is 2.11. The highest BCUT2D eigenvalue weighted by atomic mass is 32.1.